The lowest BCUT2D eigenvalue weighted by molar-refractivity contribution is 0.0556. The van der Waals surface area contributed by atoms with Crippen LogP contribution in [0.5, 0.6) is 5.75 Å². The molecule has 0 amide bonds. The normalized spacial score (nSPS) is 9.71. The Labute approximate surface area is 124 Å². The van der Waals surface area contributed by atoms with E-state index in [0.717, 1.165) is 5.56 Å². The summed E-state index contributed by atoms with van der Waals surface area (Å²) in [5, 5.41) is 0. The van der Waals surface area contributed by atoms with Gasteiger partial charge >= 0.3 is 5.97 Å². The topological polar surface area (TPSA) is 35.5 Å². The van der Waals surface area contributed by atoms with Gasteiger partial charge in [0.1, 0.15) is 12.4 Å². The zero-order chi connectivity index (χ0) is 15.1. The highest BCUT2D eigenvalue weighted by molar-refractivity contribution is 5.89. The first-order valence-electron chi connectivity index (χ1n) is 6.58. The summed E-state index contributed by atoms with van der Waals surface area (Å²) in [6, 6.07) is 14.9. The lowest BCUT2D eigenvalue weighted by atomic mass is 10.1. The van der Waals surface area contributed by atoms with E-state index < -0.39 is 5.97 Å². The van der Waals surface area contributed by atoms with Crippen molar-refractivity contribution in [2.45, 2.75) is 13.5 Å². The fraction of sp³-hybridized carbons (Fsp3) is 0.167. The Kier molecular flexibility index (Phi) is 5.00. The van der Waals surface area contributed by atoms with Gasteiger partial charge in [-0.3, -0.25) is 0 Å². The number of carbonyl (C=O) groups excluding carboxylic acids is 1. The number of rotatable bonds is 5. The Bertz CT molecular complexity index is 668. The molecule has 0 fully saturated rings. The van der Waals surface area contributed by atoms with E-state index in [2.05, 4.69) is 5.92 Å². The van der Waals surface area contributed by atoms with Gasteiger partial charge in [0, 0.05) is 0 Å². The summed E-state index contributed by atoms with van der Waals surface area (Å²) < 4.78 is 10.6. The monoisotopic (exact) mass is 280 g/mol. The molecule has 3 nitrogen and oxygen atoms in total. The predicted octanol–water partition coefficient (Wildman–Crippen LogP) is 3.36. The Morgan fingerprint density at radius 3 is 2.76 bits per heavy atom. The van der Waals surface area contributed by atoms with Crippen molar-refractivity contribution in [1.29, 1.82) is 0 Å². The molecular weight excluding hydrogens is 264 g/mol. The zero-order valence-electron chi connectivity index (χ0n) is 11.8. The molecule has 0 aliphatic heterocycles. The maximum Gasteiger partial charge on any atom is 0.339 e. The van der Waals surface area contributed by atoms with Crippen molar-refractivity contribution >= 4 is 5.97 Å². The molecule has 0 N–H and O–H groups in total. The van der Waals surface area contributed by atoms with Crippen LogP contribution in [0.2, 0.25) is 0 Å². The minimum atomic E-state index is -0.450. The minimum absolute atomic E-state index is 0.0346. The van der Waals surface area contributed by atoms with Crippen LogP contribution < -0.4 is 4.74 Å². The quantitative estimate of drug-likeness (QED) is 0.622. The van der Waals surface area contributed by atoms with Gasteiger partial charge in [-0.1, -0.05) is 36.3 Å². The molecule has 21 heavy (non-hydrogen) atoms. The van der Waals surface area contributed by atoms with Crippen molar-refractivity contribution in [3.05, 3.63) is 65.2 Å². The Morgan fingerprint density at radius 2 is 2.00 bits per heavy atom. The standard InChI is InChI=1S/C18H16O3/c1-3-11-20-18(19)15-9-6-10-17(12-15)21-13-16-8-5-4-7-14(16)2/h1,4-10,12H,11,13H2,2H3. The van der Waals surface area contributed by atoms with Gasteiger partial charge in [-0.15, -0.1) is 6.42 Å². The molecule has 2 aromatic rings. The summed E-state index contributed by atoms with van der Waals surface area (Å²) >= 11 is 0. The molecule has 0 aliphatic carbocycles. The van der Waals surface area contributed by atoms with Crippen LogP contribution in [0.15, 0.2) is 48.5 Å². The second-order valence-corrected chi connectivity index (χ2v) is 4.52. The number of esters is 1. The van der Waals surface area contributed by atoms with Crippen molar-refractivity contribution in [3.63, 3.8) is 0 Å². The highest BCUT2D eigenvalue weighted by atomic mass is 16.5. The molecule has 0 atom stereocenters. The van der Waals surface area contributed by atoms with Gasteiger partial charge in [0.05, 0.1) is 5.56 Å². The largest absolute Gasteiger partial charge is 0.489 e. The second-order valence-electron chi connectivity index (χ2n) is 4.52. The summed E-state index contributed by atoms with van der Waals surface area (Å²) in [6.07, 6.45) is 5.06. The molecule has 3 heteroatoms. The van der Waals surface area contributed by atoms with Gasteiger partial charge in [0.15, 0.2) is 6.61 Å². The Hall–Kier alpha value is -2.73. The number of hydrogen-bond acceptors (Lipinski definition) is 3. The second kappa shape index (κ2) is 7.16. The number of ether oxygens (including phenoxy) is 2. The van der Waals surface area contributed by atoms with E-state index in [1.54, 1.807) is 24.3 Å². The average Bonchev–Trinajstić information content (AvgIpc) is 2.52. The molecule has 0 unspecified atom stereocenters. The first-order valence-corrected chi connectivity index (χ1v) is 6.58. The lowest BCUT2D eigenvalue weighted by Crippen LogP contribution is -2.05. The van der Waals surface area contributed by atoms with Crippen LogP contribution >= 0.6 is 0 Å². The van der Waals surface area contributed by atoms with Crippen LogP contribution in [0.4, 0.5) is 0 Å². The highest BCUT2D eigenvalue weighted by Gasteiger charge is 2.08. The SMILES string of the molecule is C#CCOC(=O)c1cccc(OCc2ccccc2C)c1. The van der Waals surface area contributed by atoms with Crippen LogP contribution in [0.1, 0.15) is 21.5 Å². The van der Waals surface area contributed by atoms with Gasteiger partial charge in [-0.25, -0.2) is 4.79 Å². The molecule has 0 radical (unpaired) electrons. The lowest BCUT2D eigenvalue weighted by Gasteiger charge is -2.09. The molecule has 0 aliphatic rings. The molecule has 0 bridgehead atoms. The van der Waals surface area contributed by atoms with Crippen molar-refractivity contribution in [3.8, 4) is 18.1 Å². The maximum atomic E-state index is 11.7. The van der Waals surface area contributed by atoms with Gasteiger partial charge in [-0.05, 0) is 36.2 Å². The fourth-order valence-corrected chi connectivity index (χ4v) is 1.84. The van der Waals surface area contributed by atoms with Crippen LogP contribution in [0, 0.1) is 19.3 Å². The molecule has 0 aromatic heterocycles. The fourth-order valence-electron chi connectivity index (χ4n) is 1.84. The minimum Gasteiger partial charge on any atom is -0.489 e. The third kappa shape index (κ3) is 4.12. The number of hydrogen-bond donors (Lipinski definition) is 0. The third-order valence-electron chi connectivity index (χ3n) is 3.01. The van der Waals surface area contributed by atoms with E-state index in [1.807, 2.05) is 31.2 Å². The highest BCUT2D eigenvalue weighted by Crippen LogP contribution is 2.17. The van der Waals surface area contributed by atoms with E-state index in [4.69, 9.17) is 15.9 Å². The zero-order valence-corrected chi connectivity index (χ0v) is 11.8. The molecule has 0 heterocycles. The average molecular weight is 280 g/mol. The summed E-state index contributed by atoms with van der Waals surface area (Å²) in [6.45, 7) is 2.45. The first kappa shape index (κ1) is 14.7. The summed E-state index contributed by atoms with van der Waals surface area (Å²) in [5.74, 6) is 2.43. The molecule has 106 valence electrons. The molecule has 0 spiro atoms. The van der Waals surface area contributed by atoms with Crippen LogP contribution in [-0.4, -0.2) is 12.6 Å². The first-order chi connectivity index (χ1) is 10.2. The molecule has 2 rings (SSSR count). The van der Waals surface area contributed by atoms with Gasteiger partial charge in [0.25, 0.3) is 0 Å². The summed E-state index contributed by atoms with van der Waals surface area (Å²) in [4.78, 5) is 11.7. The molecule has 0 saturated carbocycles. The summed E-state index contributed by atoms with van der Waals surface area (Å²) in [7, 11) is 0. The van der Waals surface area contributed by atoms with E-state index in [-0.39, 0.29) is 6.61 Å². The number of carbonyl (C=O) groups is 1. The van der Waals surface area contributed by atoms with Crippen LogP contribution in [-0.2, 0) is 11.3 Å². The number of benzene rings is 2. The van der Waals surface area contributed by atoms with E-state index >= 15 is 0 Å². The Morgan fingerprint density at radius 1 is 1.19 bits per heavy atom. The van der Waals surface area contributed by atoms with Crippen molar-refractivity contribution in [2.24, 2.45) is 0 Å². The molecule has 0 saturated heterocycles. The van der Waals surface area contributed by atoms with E-state index in [0.29, 0.717) is 17.9 Å². The molecule has 2 aromatic carbocycles. The summed E-state index contributed by atoms with van der Waals surface area (Å²) in [5.41, 5.74) is 2.70. The van der Waals surface area contributed by atoms with Gasteiger partial charge < -0.3 is 9.47 Å². The van der Waals surface area contributed by atoms with Gasteiger partial charge in [-0.2, -0.15) is 0 Å². The van der Waals surface area contributed by atoms with Crippen LogP contribution in [0.25, 0.3) is 0 Å². The molecular formula is C18H16O3. The number of aryl methyl sites for hydroxylation is 1. The Balaban J connectivity index is 2.03. The van der Waals surface area contributed by atoms with Crippen molar-refractivity contribution in [1.82, 2.24) is 0 Å². The third-order valence-corrected chi connectivity index (χ3v) is 3.01. The van der Waals surface area contributed by atoms with Gasteiger partial charge in [0.2, 0.25) is 0 Å². The maximum absolute atomic E-state index is 11.7. The number of terminal acetylenes is 1. The van der Waals surface area contributed by atoms with E-state index in [1.165, 1.54) is 5.56 Å². The smallest absolute Gasteiger partial charge is 0.339 e. The van der Waals surface area contributed by atoms with Crippen molar-refractivity contribution < 1.29 is 14.3 Å². The van der Waals surface area contributed by atoms with E-state index in [9.17, 15) is 4.79 Å². The van der Waals surface area contributed by atoms with Crippen LogP contribution in [0.3, 0.4) is 0 Å². The van der Waals surface area contributed by atoms with Crippen molar-refractivity contribution in [2.75, 3.05) is 6.61 Å². The predicted molar refractivity (Wildman–Crippen MR) is 81.1 cm³/mol.